The van der Waals surface area contributed by atoms with Gasteiger partial charge in [-0.3, -0.25) is 9.48 Å². The topological polar surface area (TPSA) is 73.0 Å². The monoisotopic (exact) mass is 338 g/mol. The van der Waals surface area contributed by atoms with Crippen molar-refractivity contribution in [1.29, 1.82) is 0 Å². The number of nitrogens with one attached hydrogen (secondary N) is 1. The van der Waals surface area contributed by atoms with Gasteiger partial charge in [-0.1, -0.05) is 12.1 Å². The van der Waals surface area contributed by atoms with Crippen LogP contribution in [0.2, 0.25) is 0 Å². The van der Waals surface area contributed by atoms with E-state index >= 15 is 0 Å². The molecule has 0 atom stereocenters. The minimum absolute atomic E-state index is 0.193. The van der Waals surface area contributed by atoms with Crippen molar-refractivity contribution in [3.63, 3.8) is 0 Å². The molecule has 1 amide bonds. The fourth-order valence-electron chi connectivity index (χ4n) is 2.48. The van der Waals surface area contributed by atoms with Crippen molar-refractivity contribution in [2.24, 2.45) is 7.05 Å². The van der Waals surface area contributed by atoms with Crippen LogP contribution in [0.25, 0.3) is 21.7 Å². The summed E-state index contributed by atoms with van der Waals surface area (Å²) in [5.74, 6) is 0.551. The largest absolute Gasteiger partial charge is 0.463 e. The molecule has 0 aliphatic heterocycles. The predicted molar refractivity (Wildman–Crippen MR) is 91.7 cm³/mol. The van der Waals surface area contributed by atoms with Crippen LogP contribution >= 0.6 is 11.3 Å². The lowest BCUT2D eigenvalue weighted by Gasteiger charge is -1.99. The van der Waals surface area contributed by atoms with Crippen LogP contribution in [-0.4, -0.2) is 20.7 Å². The third kappa shape index (κ3) is 2.69. The molecule has 4 rings (SSSR count). The lowest BCUT2D eigenvalue weighted by atomic mass is 10.3. The molecule has 0 aliphatic carbocycles. The van der Waals surface area contributed by atoms with E-state index in [-0.39, 0.29) is 5.91 Å². The fourth-order valence-corrected chi connectivity index (χ4v) is 3.37. The molecule has 1 N–H and O–H groups in total. The molecule has 0 aliphatic rings. The smallest absolute Gasteiger partial charge is 0.280 e. The van der Waals surface area contributed by atoms with E-state index < -0.39 is 0 Å². The van der Waals surface area contributed by atoms with Crippen LogP contribution < -0.4 is 5.32 Å². The second kappa shape index (κ2) is 5.93. The van der Waals surface area contributed by atoms with Crippen molar-refractivity contribution < 1.29 is 9.21 Å². The molecule has 6 nitrogen and oxygen atoms in total. The second-order valence-corrected chi connectivity index (χ2v) is 6.32. The van der Waals surface area contributed by atoms with E-state index in [0.29, 0.717) is 11.6 Å². The average Bonchev–Trinajstić information content (AvgIpc) is 3.31. The van der Waals surface area contributed by atoms with Gasteiger partial charge < -0.3 is 9.73 Å². The van der Waals surface area contributed by atoms with Gasteiger partial charge in [-0.15, -0.1) is 11.3 Å². The number of hydrogen-bond donors (Lipinski definition) is 1. The number of hydrogen-bond acceptors (Lipinski definition) is 5. The minimum atomic E-state index is -0.193. The number of carbonyl (C=O) groups excluding carboxylic acids is 1. The van der Waals surface area contributed by atoms with Gasteiger partial charge in [0.05, 0.1) is 28.7 Å². The Morgan fingerprint density at radius 2 is 2.17 bits per heavy atom. The summed E-state index contributed by atoms with van der Waals surface area (Å²) in [5, 5.41) is 7.72. The lowest BCUT2D eigenvalue weighted by Crippen LogP contribution is -2.22. The summed E-state index contributed by atoms with van der Waals surface area (Å²) in [6, 6.07) is 13.3. The molecule has 7 heteroatoms. The highest BCUT2D eigenvalue weighted by molar-refractivity contribution is 7.20. The van der Waals surface area contributed by atoms with Gasteiger partial charge in [0.1, 0.15) is 5.69 Å². The number of aryl methyl sites for hydroxylation is 1. The number of furan rings is 1. The van der Waals surface area contributed by atoms with Crippen molar-refractivity contribution in [2.75, 3.05) is 0 Å². The number of fused-ring (bicyclic) bond motifs is 1. The SMILES string of the molecule is Cn1nc(CNC(=O)c2nc3ccccc3s2)cc1-c1ccco1. The average molecular weight is 338 g/mol. The maximum atomic E-state index is 12.3. The van der Waals surface area contributed by atoms with E-state index in [1.165, 1.54) is 11.3 Å². The molecule has 4 aromatic rings. The summed E-state index contributed by atoms with van der Waals surface area (Å²) in [4.78, 5) is 16.6. The molecule has 3 aromatic heterocycles. The van der Waals surface area contributed by atoms with Crippen molar-refractivity contribution in [3.05, 3.63) is 59.4 Å². The Balaban J connectivity index is 1.48. The minimum Gasteiger partial charge on any atom is -0.463 e. The summed E-state index contributed by atoms with van der Waals surface area (Å²) < 4.78 is 8.12. The van der Waals surface area contributed by atoms with Crippen molar-refractivity contribution in [1.82, 2.24) is 20.1 Å². The number of aromatic nitrogens is 3. The number of carbonyl (C=O) groups is 1. The normalized spacial score (nSPS) is 11.0. The molecular weight excluding hydrogens is 324 g/mol. The zero-order valence-corrected chi connectivity index (χ0v) is 13.7. The Labute approximate surface area is 141 Å². The zero-order valence-electron chi connectivity index (χ0n) is 12.9. The predicted octanol–water partition coefficient (Wildman–Crippen LogP) is 3.22. The molecule has 0 radical (unpaired) electrons. The van der Waals surface area contributed by atoms with Crippen molar-refractivity contribution >= 4 is 27.5 Å². The number of thiazole rings is 1. The molecule has 0 saturated carbocycles. The number of nitrogens with zero attached hydrogens (tertiary/aromatic N) is 3. The highest BCUT2D eigenvalue weighted by Gasteiger charge is 2.14. The van der Waals surface area contributed by atoms with Crippen LogP contribution in [0.5, 0.6) is 0 Å². The Morgan fingerprint density at radius 1 is 1.29 bits per heavy atom. The first-order valence-electron chi connectivity index (χ1n) is 7.41. The van der Waals surface area contributed by atoms with Crippen LogP contribution in [0.15, 0.2) is 53.1 Å². The molecule has 24 heavy (non-hydrogen) atoms. The summed E-state index contributed by atoms with van der Waals surface area (Å²) in [5.41, 5.74) is 2.47. The highest BCUT2D eigenvalue weighted by Crippen LogP contribution is 2.22. The maximum Gasteiger partial charge on any atom is 0.280 e. The van der Waals surface area contributed by atoms with Crippen LogP contribution in [0.1, 0.15) is 15.5 Å². The maximum absolute atomic E-state index is 12.3. The van der Waals surface area contributed by atoms with E-state index in [4.69, 9.17) is 4.42 Å². The van der Waals surface area contributed by atoms with E-state index in [1.54, 1.807) is 10.9 Å². The van der Waals surface area contributed by atoms with Crippen LogP contribution in [0, 0.1) is 0 Å². The Kier molecular flexibility index (Phi) is 3.62. The Hall–Kier alpha value is -2.93. The zero-order chi connectivity index (χ0) is 16.5. The van der Waals surface area contributed by atoms with Gasteiger partial charge in [-0.25, -0.2) is 4.98 Å². The van der Waals surface area contributed by atoms with Gasteiger partial charge in [0.15, 0.2) is 10.8 Å². The number of benzene rings is 1. The lowest BCUT2D eigenvalue weighted by molar-refractivity contribution is 0.0950. The quantitative estimate of drug-likeness (QED) is 0.620. The summed E-state index contributed by atoms with van der Waals surface area (Å²) in [7, 11) is 1.84. The number of rotatable bonds is 4. The van der Waals surface area contributed by atoms with Crippen molar-refractivity contribution in [2.45, 2.75) is 6.54 Å². The summed E-state index contributed by atoms with van der Waals surface area (Å²) >= 11 is 1.38. The summed E-state index contributed by atoms with van der Waals surface area (Å²) in [6.07, 6.45) is 1.62. The fraction of sp³-hybridized carbons (Fsp3) is 0.118. The molecular formula is C17H14N4O2S. The molecule has 1 aromatic carbocycles. The Bertz CT molecular complexity index is 968. The molecule has 0 fully saturated rings. The van der Waals surface area contributed by atoms with Gasteiger partial charge in [-0.05, 0) is 30.3 Å². The third-order valence-electron chi connectivity index (χ3n) is 3.62. The molecule has 0 bridgehead atoms. The van der Waals surface area contributed by atoms with E-state index in [1.807, 2.05) is 49.5 Å². The number of amides is 1. The summed E-state index contributed by atoms with van der Waals surface area (Å²) in [6.45, 7) is 0.337. The molecule has 3 heterocycles. The first kappa shape index (κ1) is 14.6. The van der Waals surface area contributed by atoms with Gasteiger partial charge >= 0.3 is 0 Å². The third-order valence-corrected chi connectivity index (χ3v) is 4.66. The Morgan fingerprint density at radius 3 is 2.96 bits per heavy atom. The molecule has 0 saturated heterocycles. The van der Waals surface area contributed by atoms with E-state index in [2.05, 4.69) is 15.4 Å². The molecule has 0 unspecified atom stereocenters. The van der Waals surface area contributed by atoms with Crippen molar-refractivity contribution in [3.8, 4) is 11.5 Å². The van der Waals surface area contributed by atoms with E-state index in [0.717, 1.165) is 27.4 Å². The van der Waals surface area contributed by atoms with Crippen LogP contribution in [0.3, 0.4) is 0 Å². The van der Waals surface area contributed by atoms with Crippen LogP contribution in [-0.2, 0) is 13.6 Å². The van der Waals surface area contributed by atoms with Gasteiger partial charge in [0, 0.05) is 7.05 Å². The van der Waals surface area contributed by atoms with Gasteiger partial charge in [0.25, 0.3) is 5.91 Å². The second-order valence-electron chi connectivity index (χ2n) is 5.29. The standard InChI is InChI=1S/C17H14N4O2S/c1-21-13(14-6-4-8-23-14)9-11(20-21)10-18-16(22)17-19-12-5-2-3-7-15(12)24-17/h2-9H,10H2,1H3,(H,18,22). The van der Waals surface area contributed by atoms with Crippen LogP contribution in [0.4, 0.5) is 0 Å². The number of para-hydroxylation sites is 1. The van der Waals surface area contributed by atoms with Gasteiger partial charge in [-0.2, -0.15) is 5.10 Å². The highest BCUT2D eigenvalue weighted by atomic mass is 32.1. The first-order valence-corrected chi connectivity index (χ1v) is 8.23. The van der Waals surface area contributed by atoms with E-state index in [9.17, 15) is 4.79 Å². The van der Waals surface area contributed by atoms with Gasteiger partial charge in [0.2, 0.25) is 0 Å². The molecule has 120 valence electrons. The first-order chi connectivity index (χ1) is 11.7. The molecule has 0 spiro atoms.